The predicted molar refractivity (Wildman–Crippen MR) is 115 cm³/mol. The molecule has 1 aliphatic heterocycles. The number of ether oxygens (including phenoxy) is 1. The molecule has 2 N–H and O–H groups in total. The molecule has 0 bridgehead atoms. The lowest BCUT2D eigenvalue weighted by atomic mass is 10.0. The van der Waals surface area contributed by atoms with Crippen LogP contribution < -0.4 is 10.1 Å². The van der Waals surface area contributed by atoms with E-state index in [-0.39, 0.29) is 17.9 Å². The average Bonchev–Trinajstić information content (AvgIpc) is 3.34. The molecule has 156 valence electrons. The molecule has 1 fully saturated rings. The van der Waals surface area contributed by atoms with Gasteiger partial charge in [0.05, 0.1) is 19.1 Å². The number of aromatic nitrogens is 3. The number of hydrogen-bond acceptors (Lipinski definition) is 5. The number of hydrogen-bond donors (Lipinski definition) is 2. The number of benzene rings is 2. The fraction of sp³-hybridized carbons (Fsp3) is 0.348. The number of rotatable bonds is 6. The lowest BCUT2D eigenvalue weighted by Crippen LogP contribution is -2.40. The average molecular weight is 406 g/mol. The zero-order valence-electron chi connectivity index (χ0n) is 17.6. The fourth-order valence-corrected chi connectivity index (χ4v) is 4.09. The van der Waals surface area contributed by atoms with E-state index in [0.717, 1.165) is 42.6 Å². The largest absolute Gasteiger partial charge is 0.496 e. The maximum absolute atomic E-state index is 12.8. The van der Waals surface area contributed by atoms with Crippen LogP contribution in [0.1, 0.15) is 39.1 Å². The highest BCUT2D eigenvalue weighted by Gasteiger charge is 2.37. The van der Waals surface area contributed by atoms with Crippen LogP contribution in [0.4, 0.5) is 0 Å². The second-order valence-corrected chi connectivity index (χ2v) is 7.83. The van der Waals surface area contributed by atoms with Crippen molar-refractivity contribution in [1.29, 1.82) is 0 Å². The molecule has 1 aromatic heterocycles. The Balaban J connectivity index is 1.52. The summed E-state index contributed by atoms with van der Waals surface area (Å²) in [7, 11) is 1.69. The molecule has 1 aliphatic rings. The summed E-state index contributed by atoms with van der Waals surface area (Å²) in [5.74, 6) is 2.38. The molecular weight excluding hydrogens is 378 g/mol. The number of likely N-dealkylation sites (tertiary alicyclic amines) is 1. The summed E-state index contributed by atoms with van der Waals surface area (Å²) < 4.78 is 5.37. The lowest BCUT2D eigenvalue weighted by Gasteiger charge is -2.18. The van der Waals surface area contributed by atoms with Gasteiger partial charge in [0.1, 0.15) is 11.6 Å². The second-order valence-electron chi connectivity index (χ2n) is 7.83. The Kier molecular flexibility index (Phi) is 5.81. The summed E-state index contributed by atoms with van der Waals surface area (Å²) >= 11 is 0. The monoisotopic (exact) mass is 405 g/mol. The van der Waals surface area contributed by atoms with Crippen molar-refractivity contribution in [3.63, 3.8) is 0 Å². The van der Waals surface area contributed by atoms with Gasteiger partial charge in [-0.1, -0.05) is 30.3 Å². The number of carbonyl (C=O) groups excluding carboxylic acids is 1. The first-order valence-corrected chi connectivity index (χ1v) is 10.1. The van der Waals surface area contributed by atoms with E-state index in [0.29, 0.717) is 5.56 Å². The molecular formula is C23H27N5O2. The van der Waals surface area contributed by atoms with Crippen LogP contribution in [-0.2, 0) is 6.54 Å². The van der Waals surface area contributed by atoms with Crippen LogP contribution in [0.2, 0.25) is 0 Å². The third-order valence-electron chi connectivity index (χ3n) is 5.56. The van der Waals surface area contributed by atoms with Gasteiger partial charge in [-0.25, -0.2) is 4.98 Å². The fourth-order valence-electron chi connectivity index (χ4n) is 4.09. The Morgan fingerprint density at radius 1 is 1.20 bits per heavy atom. The topological polar surface area (TPSA) is 83.1 Å². The minimum absolute atomic E-state index is 0.0296. The van der Waals surface area contributed by atoms with Crippen molar-refractivity contribution in [2.75, 3.05) is 20.2 Å². The van der Waals surface area contributed by atoms with Crippen molar-refractivity contribution < 1.29 is 9.53 Å². The summed E-state index contributed by atoms with van der Waals surface area (Å²) in [5, 5.41) is 10.5. The Labute approximate surface area is 176 Å². The van der Waals surface area contributed by atoms with Gasteiger partial charge < -0.3 is 10.1 Å². The highest BCUT2D eigenvalue weighted by molar-refractivity contribution is 5.94. The Hall–Kier alpha value is -3.19. The van der Waals surface area contributed by atoms with Gasteiger partial charge in [0.25, 0.3) is 5.91 Å². The first kappa shape index (κ1) is 20.1. The first-order valence-electron chi connectivity index (χ1n) is 10.1. The highest BCUT2D eigenvalue weighted by atomic mass is 16.5. The SMILES string of the molecule is COc1ccc(CN2C[C@@H](NC(=O)c3ccccc3)[C@H](c3n[nH]c(C)n3)C2)cc1C. The minimum atomic E-state index is -0.0694. The van der Waals surface area contributed by atoms with Gasteiger partial charge in [-0.15, -0.1) is 0 Å². The molecule has 3 aromatic rings. The van der Waals surface area contributed by atoms with Crippen molar-refractivity contribution in [2.45, 2.75) is 32.4 Å². The number of amides is 1. The summed E-state index contributed by atoms with van der Waals surface area (Å²) in [5.41, 5.74) is 2.99. The van der Waals surface area contributed by atoms with Crippen LogP contribution >= 0.6 is 0 Å². The zero-order valence-corrected chi connectivity index (χ0v) is 17.6. The second kappa shape index (κ2) is 8.67. The molecule has 0 saturated carbocycles. The third-order valence-corrected chi connectivity index (χ3v) is 5.56. The standard InChI is InChI=1S/C23H27N5O2/c1-15-11-17(9-10-21(15)30-3)12-28-13-19(22-24-16(2)26-27-22)20(14-28)25-23(29)18-7-5-4-6-8-18/h4-11,19-20H,12-14H2,1-3H3,(H,25,29)(H,24,26,27)/t19-,20-/m1/s1. The van der Waals surface area contributed by atoms with E-state index in [4.69, 9.17) is 4.74 Å². The number of carbonyl (C=O) groups is 1. The molecule has 2 heterocycles. The van der Waals surface area contributed by atoms with E-state index in [9.17, 15) is 4.79 Å². The minimum Gasteiger partial charge on any atom is -0.496 e. The number of nitrogens with zero attached hydrogens (tertiary/aromatic N) is 3. The van der Waals surface area contributed by atoms with Gasteiger partial charge in [-0.3, -0.25) is 14.8 Å². The van der Waals surface area contributed by atoms with Crippen LogP contribution in [-0.4, -0.2) is 52.2 Å². The quantitative estimate of drug-likeness (QED) is 0.659. The third kappa shape index (κ3) is 4.36. The van der Waals surface area contributed by atoms with Crippen molar-refractivity contribution in [1.82, 2.24) is 25.4 Å². The molecule has 1 amide bonds. The van der Waals surface area contributed by atoms with Gasteiger partial charge >= 0.3 is 0 Å². The van der Waals surface area contributed by atoms with E-state index < -0.39 is 0 Å². The number of aryl methyl sites for hydroxylation is 2. The first-order chi connectivity index (χ1) is 14.5. The molecule has 0 aliphatic carbocycles. The molecule has 2 aromatic carbocycles. The smallest absolute Gasteiger partial charge is 0.251 e. The summed E-state index contributed by atoms with van der Waals surface area (Å²) in [6, 6.07) is 15.5. The molecule has 30 heavy (non-hydrogen) atoms. The predicted octanol–water partition coefficient (Wildman–Crippen LogP) is 2.83. The molecule has 2 atom stereocenters. The number of H-pyrrole nitrogens is 1. The van der Waals surface area contributed by atoms with E-state index in [1.54, 1.807) is 7.11 Å². The van der Waals surface area contributed by atoms with Crippen LogP contribution in [0.15, 0.2) is 48.5 Å². The van der Waals surface area contributed by atoms with Crippen LogP contribution in [0.5, 0.6) is 5.75 Å². The van der Waals surface area contributed by atoms with E-state index in [1.807, 2.05) is 43.3 Å². The van der Waals surface area contributed by atoms with Crippen molar-refractivity contribution in [2.24, 2.45) is 0 Å². The van der Waals surface area contributed by atoms with Crippen LogP contribution in [0, 0.1) is 13.8 Å². The molecule has 0 unspecified atom stereocenters. The Morgan fingerprint density at radius 3 is 2.67 bits per heavy atom. The molecule has 7 heteroatoms. The van der Waals surface area contributed by atoms with Crippen LogP contribution in [0.3, 0.4) is 0 Å². The molecule has 1 saturated heterocycles. The molecule has 4 rings (SSSR count). The summed E-state index contributed by atoms with van der Waals surface area (Å²) in [4.78, 5) is 19.7. The van der Waals surface area contributed by atoms with E-state index in [2.05, 4.69) is 44.5 Å². The van der Waals surface area contributed by atoms with Gasteiger partial charge in [0.2, 0.25) is 0 Å². The summed E-state index contributed by atoms with van der Waals surface area (Å²) in [6.07, 6.45) is 0. The molecule has 0 spiro atoms. The number of nitrogens with one attached hydrogen (secondary N) is 2. The number of methoxy groups -OCH3 is 1. The van der Waals surface area contributed by atoms with Crippen molar-refractivity contribution in [3.05, 3.63) is 76.9 Å². The van der Waals surface area contributed by atoms with Gasteiger partial charge in [0.15, 0.2) is 5.82 Å². The molecule has 0 radical (unpaired) electrons. The number of aromatic amines is 1. The van der Waals surface area contributed by atoms with E-state index >= 15 is 0 Å². The van der Waals surface area contributed by atoms with Crippen molar-refractivity contribution >= 4 is 5.91 Å². The maximum atomic E-state index is 12.8. The summed E-state index contributed by atoms with van der Waals surface area (Å²) in [6.45, 7) is 6.25. The lowest BCUT2D eigenvalue weighted by molar-refractivity contribution is 0.0934. The maximum Gasteiger partial charge on any atom is 0.251 e. The molecule has 7 nitrogen and oxygen atoms in total. The van der Waals surface area contributed by atoms with Gasteiger partial charge in [-0.05, 0) is 43.2 Å². The normalized spacial score (nSPS) is 19.0. The van der Waals surface area contributed by atoms with Gasteiger partial charge in [-0.2, -0.15) is 5.10 Å². The highest BCUT2D eigenvalue weighted by Crippen LogP contribution is 2.28. The van der Waals surface area contributed by atoms with Gasteiger partial charge in [0, 0.05) is 25.2 Å². The zero-order chi connectivity index (χ0) is 21.1. The van der Waals surface area contributed by atoms with Crippen LogP contribution in [0.25, 0.3) is 0 Å². The van der Waals surface area contributed by atoms with E-state index in [1.165, 1.54) is 5.56 Å². The van der Waals surface area contributed by atoms with Crippen molar-refractivity contribution in [3.8, 4) is 5.75 Å². The Morgan fingerprint density at radius 2 is 2.00 bits per heavy atom. The Bertz CT molecular complexity index is 1020.